The molecule has 0 aromatic heterocycles. The maximum absolute atomic E-state index is 12.6. The molecule has 0 radical (unpaired) electrons. The lowest BCUT2D eigenvalue weighted by Gasteiger charge is -2.36. The van der Waals surface area contributed by atoms with Crippen molar-refractivity contribution in [1.82, 2.24) is 4.90 Å². The fourth-order valence-electron chi connectivity index (χ4n) is 4.78. The Labute approximate surface area is 210 Å². The molecule has 2 aliphatic heterocycles. The van der Waals surface area contributed by atoms with Crippen LogP contribution in [0.15, 0.2) is 77.3 Å². The Kier molecular flexibility index (Phi) is 7.16. The second kappa shape index (κ2) is 10.6. The number of benzene rings is 3. The first-order chi connectivity index (χ1) is 16.7. The van der Waals surface area contributed by atoms with Gasteiger partial charge in [0.25, 0.3) is 0 Å². The SMILES string of the molecule is O=C1CCc2cc(OCCN3CCN(c4ccccc4Br)CC3)ccc2N1Cc1ccccc1. The van der Waals surface area contributed by atoms with E-state index in [0.717, 1.165) is 60.6 Å². The van der Waals surface area contributed by atoms with Crippen molar-refractivity contribution >= 4 is 33.2 Å². The van der Waals surface area contributed by atoms with E-state index in [2.05, 4.69) is 68.2 Å². The summed E-state index contributed by atoms with van der Waals surface area (Å²) in [6, 6.07) is 24.8. The average Bonchev–Trinajstić information content (AvgIpc) is 2.87. The van der Waals surface area contributed by atoms with Gasteiger partial charge in [-0.25, -0.2) is 0 Å². The van der Waals surface area contributed by atoms with E-state index in [4.69, 9.17) is 4.74 Å². The van der Waals surface area contributed by atoms with E-state index in [1.165, 1.54) is 11.3 Å². The molecule has 2 aliphatic rings. The number of hydrogen-bond donors (Lipinski definition) is 0. The summed E-state index contributed by atoms with van der Waals surface area (Å²) in [5.74, 6) is 1.08. The summed E-state index contributed by atoms with van der Waals surface area (Å²) in [5, 5.41) is 0. The van der Waals surface area contributed by atoms with E-state index >= 15 is 0 Å². The third-order valence-electron chi connectivity index (χ3n) is 6.68. The van der Waals surface area contributed by atoms with Gasteiger partial charge < -0.3 is 14.5 Å². The van der Waals surface area contributed by atoms with Crippen molar-refractivity contribution in [2.75, 3.05) is 49.1 Å². The number of halogens is 1. The highest BCUT2D eigenvalue weighted by atomic mass is 79.9. The Morgan fingerprint density at radius 2 is 1.59 bits per heavy atom. The summed E-state index contributed by atoms with van der Waals surface area (Å²) in [5.41, 5.74) is 4.61. The van der Waals surface area contributed by atoms with Gasteiger partial charge in [0.15, 0.2) is 0 Å². The average molecular weight is 520 g/mol. The number of ether oxygens (including phenoxy) is 1. The molecule has 0 aliphatic carbocycles. The topological polar surface area (TPSA) is 36.0 Å². The smallest absolute Gasteiger partial charge is 0.227 e. The van der Waals surface area contributed by atoms with Crippen LogP contribution in [0.2, 0.25) is 0 Å². The minimum atomic E-state index is 0.187. The molecule has 0 unspecified atom stereocenters. The maximum atomic E-state index is 12.6. The minimum Gasteiger partial charge on any atom is -0.492 e. The van der Waals surface area contributed by atoms with Gasteiger partial charge in [-0.05, 0) is 63.8 Å². The molecule has 5 nitrogen and oxygen atoms in total. The number of fused-ring (bicyclic) bond motifs is 1. The first-order valence-corrected chi connectivity index (χ1v) is 12.8. The van der Waals surface area contributed by atoms with Gasteiger partial charge in [0.05, 0.1) is 12.2 Å². The molecule has 34 heavy (non-hydrogen) atoms. The normalized spacial score (nSPS) is 16.4. The lowest BCUT2D eigenvalue weighted by Crippen LogP contribution is -2.47. The highest BCUT2D eigenvalue weighted by molar-refractivity contribution is 9.10. The van der Waals surface area contributed by atoms with Crippen LogP contribution in [0.4, 0.5) is 11.4 Å². The molecule has 5 rings (SSSR count). The van der Waals surface area contributed by atoms with Gasteiger partial charge in [0.2, 0.25) is 5.91 Å². The molecule has 2 heterocycles. The molecule has 0 spiro atoms. The fraction of sp³-hybridized carbons (Fsp3) is 0.321. The van der Waals surface area contributed by atoms with Crippen molar-refractivity contribution in [2.24, 2.45) is 0 Å². The zero-order valence-electron chi connectivity index (χ0n) is 19.3. The molecular formula is C28H30BrN3O2. The van der Waals surface area contributed by atoms with E-state index in [1.54, 1.807) is 0 Å². The Bertz CT molecular complexity index is 1130. The molecule has 6 heteroatoms. The van der Waals surface area contributed by atoms with E-state index < -0.39 is 0 Å². The molecule has 176 valence electrons. The summed E-state index contributed by atoms with van der Waals surface area (Å²) in [4.78, 5) is 19.4. The number of para-hydroxylation sites is 1. The van der Waals surface area contributed by atoms with Crippen LogP contribution in [-0.2, 0) is 17.8 Å². The van der Waals surface area contributed by atoms with Crippen LogP contribution in [0.25, 0.3) is 0 Å². The Hall–Kier alpha value is -2.83. The third-order valence-corrected chi connectivity index (χ3v) is 7.35. The molecule has 0 atom stereocenters. The molecule has 1 fully saturated rings. The minimum absolute atomic E-state index is 0.187. The van der Waals surface area contributed by atoms with Crippen molar-refractivity contribution in [3.05, 3.63) is 88.4 Å². The van der Waals surface area contributed by atoms with Crippen LogP contribution in [0, 0.1) is 0 Å². The second-order valence-corrected chi connectivity index (χ2v) is 9.74. The number of rotatable bonds is 7. The first kappa shape index (κ1) is 22.9. The van der Waals surface area contributed by atoms with Crippen LogP contribution in [0.3, 0.4) is 0 Å². The summed E-state index contributed by atoms with van der Waals surface area (Å²) in [7, 11) is 0. The zero-order chi connectivity index (χ0) is 23.3. The Morgan fingerprint density at radius 1 is 0.824 bits per heavy atom. The van der Waals surface area contributed by atoms with Crippen LogP contribution in [0.1, 0.15) is 17.5 Å². The van der Waals surface area contributed by atoms with Gasteiger partial charge >= 0.3 is 0 Å². The number of piperazine rings is 1. The van der Waals surface area contributed by atoms with Crippen molar-refractivity contribution < 1.29 is 9.53 Å². The van der Waals surface area contributed by atoms with E-state index in [0.29, 0.717) is 19.6 Å². The van der Waals surface area contributed by atoms with Gasteiger partial charge in [-0.15, -0.1) is 0 Å². The van der Waals surface area contributed by atoms with Gasteiger partial charge in [0, 0.05) is 49.3 Å². The Balaban J connectivity index is 1.14. The molecule has 3 aromatic carbocycles. The van der Waals surface area contributed by atoms with Gasteiger partial charge in [-0.3, -0.25) is 9.69 Å². The summed E-state index contributed by atoms with van der Waals surface area (Å²) in [6.07, 6.45) is 1.32. The molecule has 0 N–H and O–H groups in total. The maximum Gasteiger partial charge on any atom is 0.227 e. The molecule has 3 aromatic rings. The largest absolute Gasteiger partial charge is 0.492 e. The third kappa shape index (κ3) is 5.29. The molecule has 0 saturated carbocycles. The standard InChI is InChI=1S/C28H30BrN3O2/c29-25-8-4-5-9-27(25)31-16-14-30(15-17-31)18-19-34-24-11-12-26-23(20-24)10-13-28(33)32(26)21-22-6-2-1-3-7-22/h1-9,11-12,20H,10,13-19,21H2. The number of hydrogen-bond acceptors (Lipinski definition) is 4. The number of nitrogens with zero attached hydrogens (tertiary/aromatic N) is 3. The molecule has 1 saturated heterocycles. The quantitative estimate of drug-likeness (QED) is 0.433. The van der Waals surface area contributed by atoms with Crippen molar-refractivity contribution in [2.45, 2.75) is 19.4 Å². The van der Waals surface area contributed by atoms with Crippen LogP contribution >= 0.6 is 15.9 Å². The van der Waals surface area contributed by atoms with Crippen LogP contribution < -0.4 is 14.5 Å². The first-order valence-electron chi connectivity index (χ1n) is 12.0. The summed E-state index contributed by atoms with van der Waals surface area (Å²) in [6.45, 7) is 6.30. The highest BCUT2D eigenvalue weighted by Crippen LogP contribution is 2.32. The van der Waals surface area contributed by atoms with Gasteiger partial charge in [0.1, 0.15) is 12.4 Å². The number of aryl methyl sites for hydroxylation is 1. The van der Waals surface area contributed by atoms with Gasteiger partial charge in [-0.2, -0.15) is 0 Å². The molecule has 1 amide bonds. The number of anilines is 2. The molecule has 0 bridgehead atoms. The number of carbonyl (C=O) groups is 1. The van der Waals surface area contributed by atoms with E-state index in [1.807, 2.05) is 35.2 Å². The van der Waals surface area contributed by atoms with Crippen molar-refractivity contribution in [3.63, 3.8) is 0 Å². The highest BCUT2D eigenvalue weighted by Gasteiger charge is 2.25. The van der Waals surface area contributed by atoms with Crippen LogP contribution in [0.5, 0.6) is 5.75 Å². The fourth-order valence-corrected chi connectivity index (χ4v) is 5.31. The predicted octanol–water partition coefficient (Wildman–Crippen LogP) is 5.13. The number of carbonyl (C=O) groups excluding carboxylic acids is 1. The van der Waals surface area contributed by atoms with E-state index in [9.17, 15) is 4.79 Å². The lowest BCUT2D eigenvalue weighted by molar-refractivity contribution is -0.119. The molecular weight excluding hydrogens is 490 g/mol. The second-order valence-electron chi connectivity index (χ2n) is 8.88. The summed E-state index contributed by atoms with van der Waals surface area (Å²) >= 11 is 3.67. The summed E-state index contributed by atoms with van der Waals surface area (Å²) < 4.78 is 7.28. The lowest BCUT2D eigenvalue weighted by atomic mass is 10.00. The predicted molar refractivity (Wildman–Crippen MR) is 141 cm³/mol. The van der Waals surface area contributed by atoms with Crippen molar-refractivity contribution in [1.29, 1.82) is 0 Å². The number of amides is 1. The Morgan fingerprint density at radius 3 is 2.38 bits per heavy atom. The van der Waals surface area contributed by atoms with Gasteiger partial charge in [-0.1, -0.05) is 42.5 Å². The van der Waals surface area contributed by atoms with Crippen LogP contribution in [-0.4, -0.2) is 50.1 Å². The van der Waals surface area contributed by atoms with Crippen molar-refractivity contribution in [3.8, 4) is 5.75 Å². The monoisotopic (exact) mass is 519 g/mol. The van der Waals surface area contributed by atoms with E-state index in [-0.39, 0.29) is 5.91 Å². The zero-order valence-corrected chi connectivity index (χ0v) is 20.9.